The van der Waals surface area contributed by atoms with E-state index in [1.54, 1.807) is 49.4 Å². The van der Waals surface area contributed by atoms with Crippen LogP contribution in [0.4, 0.5) is 5.69 Å². The number of hydrogen-bond donors (Lipinski definition) is 2. The normalized spacial score (nSPS) is 11.3. The van der Waals surface area contributed by atoms with Gasteiger partial charge >= 0.3 is 0 Å². The van der Waals surface area contributed by atoms with Crippen molar-refractivity contribution < 1.29 is 13.2 Å². The van der Waals surface area contributed by atoms with Gasteiger partial charge in [-0.2, -0.15) is 0 Å². The molecule has 0 spiro atoms. The highest BCUT2D eigenvalue weighted by molar-refractivity contribution is 7.92. The number of anilines is 1. The third kappa shape index (κ3) is 4.50. The Balaban J connectivity index is 1.54. The van der Waals surface area contributed by atoms with E-state index in [1.165, 1.54) is 0 Å². The van der Waals surface area contributed by atoms with Gasteiger partial charge in [-0.1, -0.05) is 66.2 Å². The first-order chi connectivity index (χ1) is 15.3. The van der Waals surface area contributed by atoms with Crippen LogP contribution in [0, 0.1) is 13.8 Å². The lowest BCUT2D eigenvalue weighted by Crippen LogP contribution is -2.24. The predicted octanol–water partition coefficient (Wildman–Crippen LogP) is 5.19. The zero-order valence-electron chi connectivity index (χ0n) is 17.9. The van der Waals surface area contributed by atoms with E-state index >= 15 is 0 Å². The summed E-state index contributed by atoms with van der Waals surface area (Å²) in [4.78, 5) is 13.1. The Kier molecular flexibility index (Phi) is 5.97. The van der Waals surface area contributed by atoms with Crippen LogP contribution in [0.25, 0.3) is 10.8 Å². The first-order valence-corrected chi connectivity index (χ1v) is 11.8. The topological polar surface area (TPSA) is 75.3 Å². The fraction of sp³-hybridized carbons (Fsp3) is 0.115. The minimum atomic E-state index is -3.76. The first kappa shape index (κ1) is 21.6. The maximum atomic E-state index is 12.9. The van der Waals surface area contributed by atoms with Gasteiger partial charge in [0.05, 0.1) is 10.6 Å². The van der Waals surface area contributed by atoms with Crippen LogP contribution < -0.4 is 10.0 Å². The molecule has 0 aliphatic rings. The quantitative estimate of drug-likeness (QED) is 0.430. The lowest BCUT2D eigenvalue weighted by atomic mass is 10.0. The van der Waals surface area contributed by atoms with Crippen LogP contribution in [0.5, 0.6) is 0 Å². The van der Waals surface area contributed by atoms with Crippen molar-refractivity contribution in [1.29, 1.82) is 0 Å². The van der Waals surface area contributed by atoms with Gasteiger partial charge in [0.25, 0.3) is 15.9 Å². The molecule has 4 aromatic carbocycles. The van der Waals surface area contributed by atoms with Crippen LogP contribution in [0.15, 0.2) is 89.8 Å². The monoisotopic (exact) mass is 444 g/mol. The van der Waals surface area contributed by atoms with E-state index in [4.69, 9.17) is 0 Å². The van der Waals surface area contributed by atoms with Crippen molar-refractivity contribution in [1.82, 2.24) is 5.32 Å². The summed E-state index contributed by atoms with van der Waals surface area (Å²) in [6, 6.07) is 25.7. The van der Waals surface area contributed by atoms with Crippen molar-refractivity contribution in [3.8, 4) is 0 Å². The number of carbonyl (C=O) groups is 1. The van der Waals surface area contributed by atoms with E-state index < -0.39 is 10.0 Å². The lowest BCUT2D eigenvalue weighted by molar-refractivity contribution is 0.0950. The summed E-state index contributed by atoms with van der Waals surface area (Å²) in [5, 5.41) is 5.16. The summed E-state index contributed by atoms with van der Waals surface area (Å²) in [7, 11) is -3.76. The smallest absolute Gasteiger partial charge is 0.261 e. The Hall–Kier alpha value is -3.64. The molecule has 0 atom stereocenters. The van der Waals surface area contributed by atoms with Gasteiger partial charge in [-0.05, 0) is 60.0 Å². The van der Waals surface area contributed by atoms with Crippen molar-refractivity contribution in [3.63, 3.8) is 0 Å². The molecule has 0 fully saturated rings. The number of hydrogen-bond acceptors (Lipinski definition) is 3. The van der Waals surface area contributed by atoms with Crippen molar-refractivity contribution >= 4 is 32.4 Å². The van der Waals surface area contributed by atoms with Crippen LogP contribution in [0.3, 0.4) is 0 Å². The molecule has 4 rings (SSSR count). The van der Waals surface area contributed by atoms with Gasteiger partial charge in [0.15, 0.2) is 0 Å². The number of rotatable bonds is 6. The largest absolute Gasteiger partial charge is 0.348 e. The molecular formula is C26H24N2O3S. The number of nitrogens with one attached hydrogen (secondary N) is 2. The molecule has 0 radical (unpaired) electrons. The van der Waals surface area contributed by atoms with E-state index in [0.29, 0.717) is 23.4 Å². The second-order valence-electron chi connectivity index (χ2n) is 7.72. The third-order valence-corrected chi connectivity index (χ3v) is 6.85. The second kappa shape index (κ2) is 8.85. The number of carbonyl (C=O) groups excluding carboxylic acids is 1. The molecule has 0 aromatic heterocycles. The molecule has 0 bridgehead atoms. The Morgan fingerprint density at radius 1 is 0.812 bits per heavy atom. The standard InChI is InChI=1S/C26H24N2O3S/c1-18-13-15-22(16-14-18)32(30,31)28-25-12-6-11-23(19(25)2)26(29)27-17-21-9-5-8-20-7-3-4-10-24(20)21/h3-16,28H,17H2,1-2H3,(H,27,29). The van der Waals surface area contributed by atoms with Gasteiger partial charge in [0, 0.05) is 12.1 Å². The van der Waals surface area contributed by atoms with Crippen molar-refractivity contribution in [3.05, 3.63) is 107 Å². The fourth-order valence-corrected chi connectivity index (χ4v) is 4.75. The van der Waals surface area contributed by atoms with Gasteiger partial charge < -0.3 is 5.32 Å². The molecule has 0 aliphatic carbocycles. The zero-order valence-corrected chi connectivity index (χ0v) is 18.7. The third-order valence-electron chi connectivity index (χ3n) is 5.47. The highest BCUT2D eigenvalue weighted by Crippen LogP contribution is 2.23. The Bertz CT molecular complexity index is 1390. The maximum absolute atomic E-state index is 12.9. The van der Waals surface area contributed by atoms with Crippen LogP contribution in [0.1, 0.15) is 27.0 Å². The summed E-state index contributed by atoms with van der Waals surface area (Å²) in [5.41, 5.74) is 3.37. The summed E-state index contributed by atoms with van der Waals surface area (Å²) in [5.74, 6) is -0.258. The van der Waals surface area contributed by atoms with Crippen LogP contribution >= 0.6 is 0 Å². The van der Waals surface area contributed by atoms with E-state index in [9.17, 15) is 13.2 Å². The minimum Gasteiger partial charge on any atom is -0.348 e. The molecule has 0 aliphatic heterocycles. The molecule has 0 saturated heterocycles. The average molecular weight is 445 g/mol. The molecule has 5 nitrogen and oxygen atoms in total. The Morgan fingerprint density at radius 3 is 2.28 bits per heavy atom. The summed E-state index contributed by atoms with van der Waals surface area (Å²) < 4.78 is 28.1. The molecule has 0 unspecified atom stereocenters. The van der Waals surface area contributed by atoms with E-state index in [2.05, 4.69) is 10.0 Å². The average Bonchev–Trinajstić information content (AvgIpc) is 2.79. The van der Waals surface area contributed by atoms with Gasteiger partial charge in [-0.15, -0.1) is 0 Å². The second-order valence-corrected chi connectivity index (χ2v) is 9.40. The molecule has 4 aromatic rings. The summed E-state index contributed by atoms with van der Waals surface area (Å²) >= 11 is 0. The maximum Gasteiger partial charge on any atom is 0.261 e. The molecule has 32 heavy (non-hydrogen) atoms. The van der Waals surface area contributed by atoms with E-state index in [1.807, 2.05) is 49.4 Å². The number of sulfonamides is 1. The number of amides is 1. The molecule has 6 heteroatoms. The molecule has 1 amide bonds. The lowest BCUT2D eigenvalue weighted by Gasteiger charge is -2.14. The number of benzene rings is 4. The first-order valence-electron chi connectivity index (χ1n) is 10.3. The van der Waals surface area contributed by atoms with E-state index in [0.717, 1.165) is 21.9 Å². The summed E-state index contributed by atoms with van der Waals surface area (Å²) in [6.07, 6.45) is 0. The Labute approximate surface area is 188 Å². The zero-order chi connectivity index (χ0) is 22.7. The van der Waals surface area contributed by atoms with Gasteiger partial charge in [-0.25, -0.2) is 8.42 Å². The minimum absolute atomic E-state index is 0.174. The molecular weight excluding hydrogens is 420 g/mol. The van der Waals surface area contributed by atoms with Crippen LogP contribution in [0.2, 0.25) is 0 Å². The van der Waals surface area contributed by atoms with Crippen molar-refractivity contribution in [2.75, 3.05) is 4.72 Å². The SMILES string of the molecule is Cc1ccc(S(=O)(=O)Nc2cccc(C(=O)NCc3cccc4ccccc34)c2C)cc1. The number of aryl methyl sites for hydroxylation is 1. The van der Waals surface area contributed by atoms with Gasteiger partial charge in [0.1, 0.15) is 0 Å². The Morgan fingerprint density at radius 2 is 1.50 bits per heavy atom. The predicted molar refractivity (Wildman–Crippen MR) is 128 cm³/mol. The van der Waals surface area contributed by atoms with Gasteiger partial charge in [0.2, 0.25) is 0 Å². The van der Waals surface area contributed by atoms with Crippen LogP contribution in [-0.2, 0) is 16.6 Å². The molecule has 2 N–H and O–H groups in total. The molecule has 0 saturated carbocycles. The van der Waals surface area contributed by atoms with Crippen molar-refractivity contribution in [2.24, 2.45) is 0 Å². The number of fused-ring (bicyclic) bond motifs is 1. The highest BCUT2D eigenvalue weighted by atomic mass is 32.2. The molecule has 0 heterocycles. The fourth-order valence-electron chi connectivity index (χ4n) is 3.63. The highest BCUT2D eigenvalue weighted by Gasteiger charge is 2.18. The summed E-state index contributed by atoms with van der Waals surface area (Å²) in [6.45, 7) is 4.01. The van der Waals surface area contributed by atoms with Crippen molar-refractivity contribution in [2.45, 2.75) is 25.3 Å². The van der Waals surface area contributed by atoms with E-state index in [-0.39, 0.29) is 10.8 Å². The van der Waals surface area contributed by atoms with Gasteiger partial charge in [-0.3, -0.25) is 9.52 Å². The van der Waals surface area contributed by atoms with Crippen LogP contribution in [-0.4, -0.2) is 14.3 Å². The molecule has 162 valence electrons.